The topological polar surface area (TPSA) is 94.2 Å². The number of hydrogen-bond acceptors (Lipinski definition) is 7. The van der Waals surface area contributed by atoms with Gasteiger partial charge in [0, 0.05) is 42.7 Å². The van der Waals surface area contributed by atoms with Crippen molar-refractivity contribution in [2.45, 2.75) is 19.4 Å². The van der Waals surface area contributed by atoms with Gasteiger partial charge < -0.3 is 15.4 Å². The highest BCUT2D eigenvalue weighted by molar-refractivity contribution is 5.72. The molecule has 0 spiro atoms. The highest BCUT2D eigenvalue weighted by Crippen LogP contribution is 2.31. The van der Waals surface area contributed by atoms with Gasteiger partial charge in [-0.15, -0.1) is 0 Å². The number of fused-ring (bicyclic) bond motifs is 1. The van der Waals surface area contributed by atoms with Crippen LogP contribution in [0.5, 0.6) is 5.75 Å². The number of aromatic nitrogens is 6. The average molecular weight is 390 g/mol. The fourth-order valence-electron chi connectivity index (χ4n) is 3.39. The van der Waals surface area contributed by atoms with E-state index in [0.29, 0.717) is 18.5 Å². The molecule has 148 valence electrons. The van der Waals surface area contributed by atoms with Crippen molar-refractivity contribution in [2.24, 2.45) is 7.05 Å². The van der Waals surface area contributed by atoms with Crippen LogP contribution in [0.15, 0.2) is 43.0 Å². The molecule has 0 radical (unpaired) electrons. The second kappa shape index (κ2) is 7.17. The van der Waals surface area contributed by atoms with Crippen molar-refractivity contribution in [3.05, 3.63) is 48.7 Å². The third-order valence-corrected chi connectivity index (χ3v) is 5.07. The molecule has 4 aromatic rings. The van der Waals surface area contributed by atoms with Crippen LogP contribution < -0.4 is 15.4 Å². The van der Waals surface area contributed by atoms with Crippen LogP contribution in [0.2, 0.25) is 0 Å². The molecule has 5 heterocycles. The maximum atomic E-state index is 6.03. The maximum absolute atomic E-state index is 6.03. The summed E-state index contributed by atoms with van der Waals surface area (Å²) >= 11 is 0. The highest BCUT2D eigenvalue weighted by Gasteiger charge is 2.19. The monoisotopic (exact) mass is 390 g/mol. The molecule has 0 bridgehead atoms. The van der Waals surface area contributed by atoms with E-state index in [2.05, 4.69) is 36.9 Å². The molecule has 9 heteroatoms. The largest absolute Gasteiger partial charge is 0.488 e. The molecule has 4 aromatic heterocycles. The molecule has 1 aliphatic rings. The Hall–Kier alpha value is -3.46. The summed E-state index contributed by atoms with van der Waals surface area (Å²) in [7, 11) is 1.93. The highest BCUT2D eigenvalue weighted by atomic mass is 16.5. The maximum Gasteiger partial charge on any atom is 0.165 e. The van der Waals surface area contributed by atoms with Gasteiger partial charge in [0.1, 0.15) is 24.4 Å². The quantitative estimate of drug-likeness (QED) is 0.522. The zero-order valence-electron chi connectivity index (χ0n) is 16.3. The van der Waals surface area contributed by atoms with Crippen molar-refractivity contribution in [2.75, 3.05) is 18.5 Å². The zero-order valence-corrected chi connectivity index (χ0v) is 16.3. The van der Waals surface area contributed by atoms with E-state index >= 15 is 0 Å². The fraction of sp³-hybridized carbons (Fsp3) is 0.300. The zero-order chi connectivity index (χ0) is 19.8. The van der Waals surface area contributed by atoms with Crippen LogP contribution in [-0.4, -0.2) is 48.6 Å². The Morgan fingerprint density at radius 3 is 2.93 bits per heavy atom. The van der Waals surface area contributed by atoms with E-state index in [9.17, 15) is 0 Å². The molecule has 0 amide bonds. The SMILES string of the molecule is Cc1cc(Nc2cc3cc(-c4c(OCC5CCN5)cnn4C)ccn3n2)ncn1. The average Bonchev–Trinajstić information content (AvgIpc) is 3.22. The van der Waals surface area contributed by atoms with Crippen molar-refractivity contribution in [3.63, 3.8) is 0 Å². The summed E-state index contributed by atoms with van der Waals surface area (Å²) in [5, 5.41) is 15.5. The van der Waals surface area contributed by atoms with Crippen LogP contribution >= 0.6 is 0 Å². The molecule has 1 saturated heterocycles. The van der Waals surface area contributed by atoms with Crippen molar-refractivity contribution < 1.29 is 4.74 Å². The number of hydrogen-bond donors (Lipinski definition) is 2. The Balaban J connectivity index is 1.42. The van der Waals surface area contributed by atoms with Crippen LogP contribution in [0, 0.1) is 6.92 Å². The lowest BCUT2D eigenvalue weighted by molar-refractivity contribution is 0.218. The Morgan fingerprint density at radius 2 is 2.14 bits per heavy atom. The van der Waals surface area contributed by atoms with Gasteiger partial charge in [0.2, 0.25) is 0 Å². The second-order valence-electron chi connectivity index (χ2n) is 7.22. The minimum atomic E-state index is 0.430. The summed E-state index contributed by atoms with van der Waals surface area (Å²) < 4.78 is 9.70. The Labute approximate surface area is 167 Å². The van der Waals surface area contributed by atoms with Crippen molar-refractivity contribution >= 4 is 17.2 Å². The summed E-state index contributed by atoms with van der Waals surface area (Å²) in [5.41, 5.74) is 3.84. The number of anilines is 2. The lowest BCUT2D eigenvalue weighted by Crippen LogP contribution is -2.46. The fourth-order valence-corrected chi connectivity index (χ4v) is 3.39. The van der Waals surface area contributed by atoms with Gasteiger partial charge in [-0.3, -0.25) is 4.68 Å². The van der Waals surface area contributed by atoms with Gasteiger partial charge in [0.05, 0.1) is 11.7 Å². The second-order valence-corrected chi connectivity index (χ2v) is 7.22. The summed E-state index contributed by atoms with van der Waals surface area (Å²) in [6, 6.07) is 8.39. The van der Waals surface area contributed by atoms with Gasteiger partial charge in [0.15, 0.2) is 11.6 Å². The van der Waals surface area contributed by atoms with Crippen LogP contribution in [0.4, 0.5) is 11.6 Å². The van der Waals surface area contributed by atoms with Gasteiger partial charge in [-0.2, -0.15) is 10.2 Å². The molecule has 0 aromatic carbocycles. The number of pyridine rings is 1. The number of ether oxygens (including phenoxy) is 1. The third kappa shape index (κ3) is 3.52. The molecular weight excluding hydrogens is 368 g/mol. The smallest absolute Gasteiger partial charge is 0.165 e. The van der Waals surface area contributed by atoms with Gasteiger partial charge in [-0.05, 0) is 32.0 Å². The Bertz CT molecular complexity index is 1160. The molecule has 1 aliphatic heterocycles. The van der Waals surface area contributed by atoms with Gasteiger partial charge in [0.25, 0.3) is 0 Å². The van der Waals surface area contributed by atoms with Crippen molar-refractivity contribution in [3.8, 4) is 17.0 Å². The van der Waals surface area contributed by atoms with E-state index in [1.54, 1.807) is 6.20 Å². The summed E-state index contributed by atoms with van der Waals surface area (Å²) in [6.45, 7) is 3.65. The van der Waals surface area contributed by atoms with E-state index < -0.39 is 0 Å². The first-order chi connectivity index (χ1) is 14.2. The molecule has 1 atom stereocenters. The number of nitrogens with zero attached hydrogens (tertiary/aromatic N) is 6. The van der Waals surface area contributed by atoms with E-state index in [4.69, 9.17) is 4.74 Å². The number of aryl methyl sites for hydroxylation is 2. The Kier molecular flexibility index (Phi) is 4.36. The first-order valence-electron chi connectivity index (χ1n) is 9.59. The predicted molar refractivity (Wildman–Crippen MR) is 109 cm³/mol. The summed E-state index contributed by atoms with van der Waals surface area (Å²) in [4.78, 5) is 8.34. The molecular formula is C20H22N8O. The van der Waals surface area contributed by atoms with Gasteiger partial charge >= 0.3 is 0 Å². The normalized spacial score (nSPS) is 16.0. The van der Waals surface area contributed by atoms with E-state index in [1.807, 2.05) is 47.6 Å². The standard InChI is InChI=1S/C20H22N8O/c1-13-7-18(23-12-22-13)25-19-9-16-8-14(4-6-28(16)26-19)20-17(10-24-27(20)2)29-11-15-3-5-21-15/h4,6-10,12,15,21H,3,5,11H2,1-2H3,(H,22,23,25,26). The first kappa shape index (κ1) is 17.6. The van der Waals surface area contributed by atoms with E-state index in [-0.39, 0.29) is 0 Å². The first-order valence-corrected chi connectivity index (χ1v) is 9.59. The molecule has 2 N–H and O–H groups in total. The van der Waals surface area contributed by atoms with Crippen LogP contribution in [0.25, 0.3) is 16.8 Å². The molecule has 29 heavy (non-hydrogen) atoms. The predicted octanol–water partition coefficient (Wildman–Crippen LogP) is 2.32. The van der Waals surface area contributed by atoms with Crippen LogP contribution in [0.1, 0.15) is 12.1 Å². The van der Waals surface area contributed by atoms with Gasteiger partial charge in [-0.25, -0.2) is 14.5 Å². The molecule has 0 aliphatic carbocycles. The third-order valence-electron chi connectivity index (χ3n) is 5.07. The van der Waals surface area contributed by atoms with Gasteiger partial charge in [-0.1, -0.05) is 0 Å². The van der Waals surface area contributed by atoms with E-state index in [0.717, 1.165) is 47.0 Å². The van der Waals surface area contributed by atoms with Crippen molar-refractivity contribution in [1.29, 1.82) is 0 Å². The summed E-state index contributed by atoms with van der Waals surface area (Å²) in [6.07, 6.45) is 6.40. The molecule has 1 unspecified atom stereocenters. The van der Waals surface area contributed by atoms with Crippen LogP contribution in [0.3, 0.4) is 0 Å². The molecule has 1 fully saturated rings. The van der Waals surface area contributed by atoms with Crippen molar-refractivity contribution in [1.82, 2.24) is 34.7 Å². The lowest BCUT2D eigenvalue weighted by Gasteiger charge is -2.27. The Morgan fingerprint density at radius 1 is 1.24 bits per heavy atom. The molecule has 9 nitrogen and oxygen atoms in total. The van der Waals surface area contributed by atoms with E-state index in [1.165, 1.54) is 6.33 Å². The minimum Gasteiger partial charge on any atom is -0.488 e. The summed E-state index contributed by atoms with van der Waals surface area (Å²) in [5.74, 6) is 2.23. The van der Waals surface area contributed by atoms with Crippen LogP contribution in [-0.2, 0) is 7.05 Å². The lowest BCUT2D eigenvalue weighted by atomic mass is 10.1. The minimum absolute atomic E-state index is 0.430. The number of rotatable bonds is 6. The number of nitrogens with one attached hydrogen (secondary N) is 2. The molecule has 5 rings (SSSR count). The molecule has 0 saturated carbocycles.